The number of carbonyl (C=O) groups is 1. The number of rotatable bonds is 7. The van der Waals surface area contributed by atoms with Crippen LogP contribution in [0.25, 0.3) is 5.69 Å². The number of hydrogen-bond acceptors (Lipinski definition) is 3. The summed E-state index contributed by atoms with van der Waals surface area (Å²) in [6.07, 6.45) is 1.69. The first kappa shape index (κ1) is 21.7. The standard InChI is InChI=1S/C22H21BrClN3OS/c1-15-10-18(16(2)27(15)21-8-6-19(23)7-9-21)12-25-26-22(28)14-29-13-17-4-3-5-20(24)11-17/h3-12H,13-14H2,1-2H3,(H,26,28)/b25-12-. The summed E-state index contributed by atoms with van der Waals surface area (Å²) in [6.45, 7) is 4.09. The van der Waals surface area contributed by atoms with Gasteiger partial charge < -0.3 is 4.57 Å². The zero-order valence-corrected chi connectivity index (χ0v) is 19.3. The maximum atomic E-state index is 12.0. The second kappa shape index (κ2) is 10.1. The molecule has 0 saturated heterocycles. The fraction of sp³-hybridized carbons (Fsp3) is 0.182. The van der Waals surface area contributed by atoms with E-state index in [0.717, 1.165) is 38.4 Å². The van der Waals surface area contributed by atoms with Crippen LogP contribution in [0.15, 0.2) is 64.2 Å². The second-order valence-electron chi connectivity index (χ2n) is 6.55. The molecule has 1 amide bonds. The van der Waals surface area contributed by atoms with E-state index in [0.29, 0.717) is 10.8 Å². The predicted molar refractivity (Wildman–Crippen MR) is 126 cm³/mol. The van der Waals surface area contributed by atoms with Gasteiger partial charge in [0.15, 0.2) is 0 Å². The van der Waals surface area contributed by atoms with Gasteiger partial charge in [0.25, 0.3) is 0 Å². The molecule has 1 aromatic heterocycles. The Morgan fingerprint density at radius 2 is 1.97 bits per heavy atom. The number of carbonyl (C=O) groups excluding carboxylic acids is 1. The van der Waals surface area contributed by atoms with Gasteiger partial charge in [0, 0.05) is 37.9 Å². The van der Waals surface area contributed by atoms with Crippen molar-refractivity contribution in [2.45, 2.75) is 19.6 Å². The number of nitrogens with zero attached hydrogens (tertiary/aromatic N) is 2. The number of hydrogen-bond donors (Lipinski definition) is 1. The number of aromatic nitrogens is 1. The van der Waals surface area contributed by atoms with E-state index in [1.165, 1.54) is 11.8 Å². The van der Waals surface area contributed by atoms with Crippen molar-refractivity contribution < 1.29 is 4.79 Å². The third-order valence-corrected chi connectivity index (χ3v) is 6.11. The largest absolute Gasteiger partial charge is 0.318 e. The molecule has 1 heterocycles. The Kier molecular flexibility index (Phi) is 7.58. The molecular formula is C22H21BrClN3OS. The Morgan fingerprint density at radius 1 is 1.21 bits per heavy atom. The van der Waals surface area contributed by atoms with Crippen LogP contribution in [0.1, 0.15) is 22.5 Å². The quantitative estimate of drug-likeness (QED) is 0.331. The molecule has 0 radical (unpaired) electrons. The molecule has 2 aromatic carbocycles. The van der Waals surface area contributed by atoms with Crippen LogP contribution < -0.4 is 5.43 Å². The second-order valence-corrected chi connectivity index (χ2v) is 8.89. The Morgan fingerprint density at radius 3 is 2.69 bits per heavy atom. The van der Waals surface area contributed by atoms with Gasteiger partial charge in [0.05, 0.1) is 12.0 Å². The lowest BCUT2D eigenvalue weighted by atomic mass is 10.2. The minimum Gasteiger partial charge on any atom is -0.318 e. The minimum atomic E-state index is -0.130. The first-order chi connectivity index (χ1) is 13.9. The summed E-state index contributed by atoms with van der Waals surface area (Å²) >= 11 is 11.0. The van der Waals surface area contributed by atoms with E-state index in [1.54, 1.807) is 6.21 Å². The monoisotopic (exact) mass is 489 g/mol. The Hall–Kier alpha value is -2.02. The third-order valence-electron chi connectivity index (χ3n) is 4.34. The molecule has 29 heavy (non-hydrogen) atoms. The van der Waals surface area contributed by atoms with Gasteiger partial charge in [-0.05, 0) is 61.9 Å². The molecular weight excluding hydrogens is 470 g/mol. The zero-order chi connectivity index (χ0) is 20.8. The van der Waals surface area contributed by atoms with Gasteiger partial charge in [-0.25, -0.2) is 5.43 Å². The molecule has 150 valence electrons. The van der Waals surface area contributed by atoms with Gasteiger partial charge in [-0.3, -0.25) is 4.79 Å². The van der Waals surface area contributed by atoms with Crippen LogP contribution >= 0.6 is 39.3 Å². The van der Waals surface area contributed by atoms with Crippen LogP contribution in [-0.4, -0.2) is 22.4 Å². The Labute approximate surface area is 188 Å². The van der Waals surface area contributed by atoms with E-state index in [9.17, 15) is 4.79 Å². The first-order valence-corrected chi connectivity index (χ1v) is 11.4. The van der Waals surface area contributed by atoms with Gasteiger partial charge in [-0.2, -0.15) is 5.10 Å². The smallest absolute Gasteiger partial charge is 0.250 e. The summed E-state index contributed by atoms with van der Waals surface area (Å²) in [6, 6.07) is 17.9. The first-order valence-electron chi connectivity index (χ1n) is 9.03. The van der Waals surface area contributed by atoms with Crippen molar-refractivity contribution >= 4 is 51.4 Å². The molecule has 3 rings (SSSR count). The van der Waals surface area contributed by atoms with Crippen molar-refractivity contribution in [2.75, 3.05) is 5.75 Å². The molecule has 4 nitrogen and oxygen atoms in total. The minimum absolute atomic E-state index is 0.130. The maximum Gasteiger partial charge on any atom is 0.250 e. The Bertz CT molecular complexity index is 1030. The summed E-state index contributed by atoms with van der Waals surface area (Å²) in [5, 5.41) is 4.83. The van der Waals surface area contributed by atoms with Crippen molar-refractivity contribution in [2.24, 2.45) is 5.10 Å². The van der Waals surface area contributed by atoms with Crippen molar-refractivity contribution in [3.8, 4) is 5.69 Å². The lowest BCUT2D eigenvalue weighted by Crippen LogP contribution is -2.19. The number of amides is 1. The molecule has 1 N–H and O–H groups in total. The van der Waals surface area contributed by atoms with E-state index in [2.05, 4.69) is 56.1 Å². The number of hydrazone groups is 1. The summed E-state index contributed by atoms with van der Waals surface area (Å²) in [5.41, 5.74) is 7.93. The third kappa shape index (κ3) is 5.98. The molecule has 0 aliphatic rings. The van der Waals surface area contributed by atoms with Crippen molar-refractivity contribution in [1.29, 1.82) is 0 Å². The Balaban J connectivity index is 1.55. The molecule has 0 fully saturated rings. The highest BCUT2D eigenvalue weighted by Crippen LogP contribution is 2.21. The normalized spacial score (nSPS) is 11.2. The highest BCUT2D eigenvalue weighted by molar-refractivity contribution is 9.10. The molecule has 7 heteroatoms. The van der Waals surface area contributed by atoms with Crippen LogP contribution in [0.5, 0.6) is 0 Å². The number of halogens is 2. The van der Waals surface area contributed by atoms with Crippen LogP contribution in [0.4, 0.5) is 0 Å². The molecule has 0 atom stereocenters. The highest BCUT2D eigenvalue weighted by atomic mass is 79.9. The SMILES string of the molecule is Cc1cc(/C=N\NC(=O)CSCc2cccc(Cl)c2)c(C)n1-c1ccc(Br)cc1. The van der Waals surface area contributed by atoms with Crippen LogP contribution in [-0.2, 0) is 10.5 Å². The molecule has 0 unspecified atom stereocenters. The van der Waals surface area contributed by atoms with Crippen LogP contribution in [0.3, 0.4) is 0 Å². The van der Waals surface area contributed by atoms with E-state index < -0.39 is 0 Å². The predicted octanol–water partition coefficient (Wildman–Crippen LogP) is 5.89. The number of aryl methyl sites for hydroxylation is 1. The van der Waals surface area contributed by atoms with Crippen molar-refractivity contribution in [3.05, 3.63) is 86.6 Å². The van der Waals surface area contributed by atoms with Gasteiger partial charge in [-0.1, -0.05) is 39.7 Å². The summed E-state index contributed by atoms with van der Waals surface area (Å²) in [5.74, 6) is 0.934. The molecule has 0 saturated carbocycles. The molecule has 3 aromatic rings. The average Bonchev–Trinajstić information content (AvgIpc) is 2.96. The summed E-state index contributed by atoms with van der Waals surface area (Å²) in [7, 11) is 0. The van der Waals surface area contributed by atoms with Crippen LogP contribution in [0, 0.1) is 13.8 Å². The van der Waals surface area contributed by atoms with E-state index >= 15 is 0 Å². The lowest BCUT2D eigenvalue weighted by molar-refractivity contribution is -0.118. The molecule has 0 bridgehead atoms. The van der Waals surface area contributed by atoms with E-state index in [1.807, 2.05) is 43.3 Å². The molecule has 0 spiro atoms. The molecule has 0 aliphatic carbocycles. The fourth-order valence-electron chi connectivity index (χ4n) is 3.00. The van der Waals surface area contributed by atoms with Gasteiger partial charge in [0.2, 0.25) is 5.91 Å². The highest BCUT2D eigenvalue weighted by Gasteiger charge is 2.09. The average molecular weight is 491 g/mol. The van der Waals surface area contributed by atoms with Gasteiger partial charge in [0.1, 0.15) is 0 Å². The number of nitrogens with one attached hydrogen (secondary N) is 1. The van der Waals surface area contributed by atoms with Crippen molar-refractivity contribution in [1.82, 2.24) is 9.99 Å². The van der Waals surface area contributed by atoms with E-state index in [-0.39, 0.29) is 5.91 Å². The van der Waals surface area contributed by atoms with E-state index in [4.69, 9.17) is 11.6 Å². The van der Waals surface area contributed by atoms with Crippen molar-refractivity contribution in [3.63, 3.8) is 0 Å². The fourth-order valence-corrected chi connectivity index (χ4v) is 4.24. The topological polar surface area (TPSA) is 46.4 Å². The lowest BCUT2D eigenvalue weighted by Gasteiger charge is -2.09. The van der Waals surface area contributed by atoms with Crippen LogP contribution in [0.2, 0.25) is 5.02 Å². The van der Waals surface area contributed by atoms with Gasteiger partial charge in [-0.15, -0.1) is 11.8 Å². The summed E-state index contributed by atoms with van der Waals surface area (Å²) < 4.78 is 3.21. The molecule has 0 aliphatic heterocycles. The number of thioether (sulfide) groups is 1. The zero-order valence-electron chi connectivity index (χ0n) is 16.2. The van der Waals surface area contributed by atoms with Gasteiger partial charge >= 0.3 is 0 Å². The maximum absolute atomic E-state index is 12.0. The number of benzene rings is 2. The summed E-state index contributed by atoms with van der Waals surface area (Å²) in [4.78, 5) is 12.0.